The maximum atomic E-state index is 11.0. The quantitative estimate of drug-likeness (QED) is 0.812. The molecule has 1 unspecified atom stereocenters. The van der Waals surface area contributed by atoms with Gasteiger partial charge in [0.15, 0.2) is 0 Å². The van der Waals surface area contributed by atoms with Crippen molar-refractivity contribution in [3.8, 4) is 0 Å². The predicted octanol–water partition coefficient (Wildman–Crippen LogP) is 2.14. The van der Waals surface area contributed by atoms with Crippen LogP contribution < -0.4 is 0 Å². The van der Waals surface area contributed by atoms with Crippen molar-refractivity contribution >= 4 is 5.97 Å². The summed E-state index contributed by atoms with van der Waals surface area (Å²) in [5, 5.41) is 9.09. The first-order valence-corrected chi connectivity index (χ1v) is 6.10. The van der Waals surface area contributed by atoms with E-state index >= 15 is 0 Å². The lowest BCUT2D eigenvalue weighted by atomic mass is 9.87. The summed E-state index contributed by atoms with van der Waals surface area (Å²) in [5.74, 6) is -0.0137. The van der Waals surface area contributed by atoms with Crippen molar-refractivity contribution < 1.29 is 9.90 Å². The third-order valence-electron chi connectivity index (χ3n) is 3.46. The van der Waals surface area contributed by atoms with Crippen LogP contribution in [0.25, 0.3) is 0 Å². The van der Waals surface area contributed by atoms with Crippen LogP contribution in [0.5, 0.6) is 0 Å². The first-order chi connectivity index (χ1) is 7.80. The Morgan fingerprint density at radius 3 is 2.65 bits per heavy atom. The number of fused-ring (bicyclic) bond motifs is 1. The van der Waals surface area contributed by atoms with Gasteiger partial charge in [0.05, 0.1) is 11.6 Å². The molecule has 4 nitrogen and oxygen atoms in total. The average Bonchev–Trinajstić information content (AvgIpc) is 2.55. The molecular formula is C13H20N2O2. The van der Waals surface area contributed by atoms with Crippen molar-refractivity contribution in [1.82, 2.24) is 9.55 Å². The van der Waals surface area contributed by atoms with Crippen LogP contribution in [-0.2, 0) is 23.2 Å². The van der Waals surface area contributed by atoms with Gasteiger partial charge in [-0.3, -0.25) is 4.79 Å². The van der Waals surface area contributed by atoms with E-state index < -0.39 is 5.97 Å². The standard InChI is InChI=1S/C13H20N2O2/c1-8-14-11(13(2,3)4)10-6-5-9(12(16)17)7-15(8)10/h9H,5-7H2,1-4H3,(H,16,17). The van der Waals surface area contributed by atoms with Crippen molar-refractivity contribution in [2.45, 2.75) is 52.5 Å². The van der Waals surface area contributed by atoms with Gasteiger partial charge in [-0.1, -0.05) is 20.8 Å². The molecule has 94 valence electrons. The molecule has 1 atom stereocenters. The number of aliphatic carboxylic acids is 1. The Hall–Kier alpha value is -1.32. The zero-order chi connectivity index (χ0) is 12.8. The summed E-state index contributed by atoms with van der Waals surface area (Å²) in [7, 11) is 0. The number of hydrogen-bond acceptors (Lipinski definition) is 2. The number of carboxylic acid groups (broad SMARTS) is 1. The normalized spacial score (nSPS) is 20.1. The van der Waals surface area contributed by atoms with Crippen molar-refractivity contribution in [1.29, 1.82) is 0 Å². The molecule has 0 aliphatic carbocycles. The number of carbonyl (C=O) groups is 1. The van der Waals surface area contributed by atoms with Crippen LogP contribution in [-0.4, -0.2) is 20.6 Å². The number of carboxylic acids is 1. The molecule has 0 aromatic carbocycles. The van der Waals surface area contributed by atoms with Crippen LogP contribution in [0.3, 0.4) is 0 Å². The highest BCUT2D eigenvalue weighted by molar-refractivity contribution is 5.70. The summed E-state index contributed by atoms with van der Waals surface area (Å²) in [6, 6.07) is 0. The molecule has 0 radical (unpaired) electrons. The second kappa shape index (κ2) is 3.86. The Balaban J connectivity index is 2.41. The first kappa shape index (κ1) is 12.1. The monoisotopic (exact) mass is 236 g/mol. The number of rotatable bonds is 1. The molecular weight excluding hydrogens is 216 g/mol. The van der Waals surface area contributed by atoms with Gasteiger partial charge in [-0.25, -0.2) is 4.98 Å². The van der Waals surface area contributed by atoms with E-state index in [1.807, 2.05) is 6.92 Å². The Morgan fingerprint density at radius 2 is 2.12 bits per heavy atom. The zero-order valence-electron chi connectivity index (χ0n) is 10.9. The van der Waals surface area contributed by atoms with Gasteiger partial charge in [-0.05, 0) is 19.8 Å². The number of aryl methyl sites for hydroxylation is 1. The maximum absolute atomic E-state index is 11.0. The minimum atomic E-state index is -0.693. The molecule has 0 saturated carbocycles. The molecule has 0 saturated heterocycles. The van der Waals surface area contributed by atoms with Crippen LogP contribution in [0.15, 0.2) is 0 Å². The number of hydrogen-bond donors (Lipinski definition) is 1. The van der Waals surface area contributed by atoms with Gasteiger partial charge in [0.25, 0.3) is 0 Å². The van der Waals surface area contributed by atoms with Crippen LogP contribution in [0.1, 0.15) is 44.4 Å². The number of aromatic nitrogens is 2. The molecule has 1 aromatic heterocycles. The lowest BCUT2D eigenvalue weighted by Crippen LogP contribution is -2.28. The van der Waals surface area contributed by atoms with Gasteiger partial charge in [0.1, 0.15) is 5.82 Å². The van der Waals surface area contributed by atoms with Gasteiger partial charge in [0, 0.05) is 17.7 Å². The molecule has 0 bridgehead atoms. The van der Waals surface area contributed by atoms with Gasteiger partial charge in [-0.2, -0.15) is 0 Å². The van der Waals surface area contributed by atoms with Crippen molar-refractivity contribution in [3.05, 3.63) is 17.2 Å². The van der Waals surface area contributed by atoms with E-state index in [0.29, 0.717) is 6.54 Å². The fourth-order valence-corrected chi connectivity index (χ4v) is 2.53. The summed E-state index contributed by atoms with van der Waals surface area (Å²) < 4.78 is 2.09. The lowest BCUT2D eigenvalue weighted by Gasteiger charge is -2.25. The van der Waals surface area contributed by atoms with Gasteiger partial charge < -0.3 is 9.67 Å². The van der Waals surface area contributed by atoms with E-state index in [1.54, 1.807) is 0 Å². The predicted molar refractivity (Wildman–Crippen MR) is 65.1 cm³/mol. The smallest absolute Gasteiger partial charge is 0.308 e. The fraction of sp³-hybridized carbons (Fsp3) is 0.692. The SMILES string of the molecule is Cc1nc(C(C)(C)C)c2n1CC(C(=O)O)CC2. The second-order valence-electron chi connectivity index (χ2n) is 5.89. The van der Waals surface area contributed by atoms with Gasteiger partial charge in [-0.15, -0.1) is 0 Å². The third-order valence-corrected chi connectivity index (χ3v) is 3.46. The number of imidazole rings is 1. The maximum Gasteiger partial charge on any atom is 0.308 e. The average molecular weight is 236 g/mol. The minimum absolute atomic E-state index is 0.0292. The van der Waals surface area contributed by atoms with Crippen LogP contribution >= 0.6 is 0 Å². The molecule has 2 rings (SSSR count). The van der Waals surface area contributed by atoms with Crippen molar-refractivity contribution in [2.75, 3.05) is 0 Å². The lowest BCUT2D eigenvalue weighted by molar-refractivity contribution is -0.142. The Labute approximate surface area is 102 Å². The Bertz CT molecular complexity index is 455. The molecule has 4 heteroatoms. The molecule has 0 amide bonds. The summed E-state index contributed by atoms with van der Waals surface area (Å²) in [6.45, 7) is 8.99. The van der Waals surface area contributed by atoms with E-state index in [-0.39, 0.29) is 11.3 Å². The molecule has 1 aliphatic heterocycles. The van der Waals surface area contributed by atoms with Crippen molar-refractivity contribution in [2.24, 2.45) is 5.92 Å². The molecule has 1 aliphatic rings. The van der Waals surface area contributed by atoms with E-state index in [4.69, 9.17) is 5.11 Å². The summed E-state index contributed by atoms with van der Waals surface area (Å²) in [6.07, 6.45) is 1.55. The molecule has 17 heavy (non-hydrogen) atoms. The molecule has 2 heterocycles. The Morgan fingerprint density at radius 1 is 1.47 bits per heavy atom. The second-order valence-corrected chi connectivity index (χ2v) is 5.89. The van der Waals surface area contributed by atoms with Crippen LogP contribution in [0.2, 0.25) is 0 Å². The highest BCUT2D eigenvalue weighted by atomic mass is 16.4. The first-order valence-electron chi connectivity index (χ1n) is 6.10. The van der Waals surface area contributed by atoms with E-state index in [1.165, 1.54) is 5.69 Å². The van der Waals surface area contributed by atoms with Gasteiger partial charge in [0.2, 0.25) is 0 Å². The molecule has 0 fully saturated rings. The van der Waals surface area contributed by atoms with Crippen molar-refractivity contribution in [3.63, 3.8) is 0 Å². The van der Waals surface area contributed by atoms with Crippen LogP contribution in [0.4, 0.5) is 0 Å². The zero-order valence-corrected chi connectivity index (χ0v) is 10.9. The fourth-order valence-electron chi connectivity index (χ4n) is 2.53. The molecule has 1 aromatic rings. The van der Waals surface area contributed by atoms with E-state index in [2.05, 4.69) is 30.3 Å². The summed E-state index contributed by atoms with van der Waals surface area (Å²) in [5.41, 5.74) is 2.38. The largest absolute Gasteiger partial charge is 0.481 e. The summed E-state index contributed by atoms with van der Waals surface area (Å²) >= 11 is 0. The minimum Gasteiger partial charge on any atom is -0.481 e. The van der Waals surface area contributed by atoms with E-state index in [0.717, 1.165) is 24.4 Å². The third kappa shape index (κ3) is 2.08. The van der Waals surface area contributed by atoms with E-state index in [9.17, 15) is 4.79 Å². The molecule has 0 spiro atoms. The van der Waals surface area contributed by atoms with Gasteiger partial charge >= 0.3 is 5.97 Å². The summed E-state index contributed by atoms with van der Waals surface area (Å²) in [4.78, 5) is 15.7. The highest BCUT2D eigenvalue weighted by Gasteiger charge is 2.31. The van der Waals surface area contributed by atoms with Crippen LogP contribution in [0, 0.1) is 12.8 Å². The molecule has 1 N–H and O–H groups in total. The topological polar surface area (TPSA) is 55.1 Å². The Kier molecular flexibility index (Phi) is 2.76. The number of nitrogens with zero attached hydrogens (tertiary/aromatic N) is 2. The highest BCUT2D eigenvalue weighted by Crippen LogP contribution is 2.31.